The van der Waals surface area contributed by atoms with Gasteiger partial charge in [-0.25, -0.2) is 4.89 Å². The van der Waals surface area contributed by atoms with E-state index < -0.39 is 12.4 Å². The third-order valence-electron chi connectivity index (χ3n) is 1.08. The van der Waals surface area contributed by atoms with E-state index in [-0.39, 0.29) is 6.10 Å². The number of epoxide rings is 1. The van der Waals surface area contributed by atoms with E-state index in [1.165, 1.54) is 0 Å². The molecule has 0 radical (unpaired) electrons. The fourth-order valence-electron chi connectivity index (χ4n) is 0.443. The van der Waals surface area contributed by atoms with Crippen LogP contribution < -0.4 is 0 Å². The summed E-state index contributed by atoms with van der Waals surface area (Å²) in [7, 11) is 0. The molecule has 1 aliphatic rings. The maximum Gasteiger partial charge on any atom is 0.576 e. The fourth-order valence-corrected chi connectivity index (χ4v) is 0.443. The molecular formula is C6H8O7. The molecule has 2 atom stereocenters. The van der Waals surface area contributed by atoms with Gasteiger partial charge in [0.25, 0.3) is 0 Å². The third kappa shape index (κ3) is 3.74. The first kappa shape index (κ1) is 9.78. The number of carbonyl (C=O) groups is 1. The summed E-state index contributed by atoms with van der Waals surface area (Å²) in [5, 5.41) is 3.81. The van der Waals surface area contributed by atoms with Gasteiger partial charge >= 0.3 is 6.16 Å². The minimum Gasteiger partial charge on any atom is -0.338 e. The predicted molar refractivity (Wildman–Crippen MR) is 35.4 cm³/mol. The molecule has 2 unspecified atom stereocenters. The summed E-state index contributed by atoms with van der Waals surface area (Å²) in [6.45, 7) is 4.87. The Hall–Kier alpha value is -1.31. The average molecular weight is 192 g/mol. The van der Waals surface area contributed by atoms with Gasteiger partial charge in [0, 0.05) is 5.04 Å². The Kier molecular flexibility index (Phi) is 3.50. The van der Waals surface area contributed by atoms with Crippen molar-refractivity contribution >= 4 is 6.16 Å². The van der Waals surface area contributed by atoms with E-state index in [9.17, 15) is 4.79 Å². The van der Waals surface area contributed by atoms with Crippen LogP contribution in [0.4, 0.5) is 4.79 Å². The normalized spacial score (nSPS) is 24.7. The molecule has 0 N–H and O–H groups in total. The van der Waals surface area contributed by atoms with Crippen LogP contribution in [0.25, 0.3) is 0 Å². The molecule has 0 bridgehead atoms. The van der Waals surface area contributed by atoms with E-state index in [0.717, 1.165) is 6.26 Å². The minimum absolute atomic E-state index is 0.0851. The molecule has 0 amide bonds. The van der Waals surface area contributed by atoms with Gasteiger partial charge in [-0.05, 0) is 6.92 Å². The monoisotopic (exact) mass is 192 g/mol. The molecule has 0 aromatic rings. The Balaban J connectivity index is 1.94. The zero-order chi connectivity index (χ0) is 9.68. The minimum atomic E-state index is -1.20. The van der Waals surface area contributed by atoms with Crippen LogP contribution in [0.2, 0.25) is 0 Å². The van der Waals surface area contributed by atoms with Crippen molar-refractivity contribution in [2.75, 3.05) is 0 Å². The molecule has 0 aliphatic carbocycles. The van der Waals surface area contributed by atoms with Crippen molar-refractivity contribution in [3.8, 4) is 0 Å². The fraction of sp³-hybridized carbons (Fsp3) is 0.500. The van der Waals surface area contributed by atoms with Gasteiger partial charge in [0.1, 0.15) is 12.4 Å². The summed E-state index contributed by atoms with van der Waals surface area (Å²) >= 11 is 0. The second-order valence-electron chi connectivity index (χ2n) is 2.05. The van der Waals surface area contributed by atoms with E-state index in [1.807, 2.05) is 0 Å². The summed E-state index contributed by atoms with van der Waals surface area (Å²) < 4.78 is 4.75. The summed E-state index contributed by atoms with van der Waals surface area (Å²) in [5.41, 5.74) is 0. The van der Waals surface area contributed by atoms with Crippen molar-refractivity contribution in [2.24, 2.45) is 0 Å². The maximum atomic E-state index is 10.5. The van der Waals surface area contributed by atoms with E-state index >= 15 is 0 Å². The van der Waals surface area contributed by atoms with Crippen LogP contribution in [0.1, 0.15) is 6.92 Å². The first-order chi connectivity index (χ1) is 6.24. The molecule has 1 aliphatic heterocycles. The molecular weight excluding hydrogens is 184 g/mol. The molecule has 1 heterocycles. The summed E-state index contributed by atoms with van der Waals surface area (Å²) in [5.74, 6) is 0. The first-order valence-corrected chi connectivity index (χ1v) is 3.37. The Bertz CT molecular complexity index is 191. The number of ether oxygens (including phenoxy) is 1. The van der Waals surface area contributed by atoms with Gasteiger partial charge in [0.2, 0.25) is 6.29 Å². The Morgan fingerprint density at radius 2 is 2.23 bits per heavy atom. The first-order valence-electron chi connectivity index (χ1n) is 3.37. The summed E-state index contributed by atoms with van der Waals surface area (Å²) in [4.78, 5) is 26.8. The molecule has 7 heteroatoms. The van der Waals surface area contributed by atoms with Crippen LogP contribution in [-0.4, -0.2) is 18.5 Å². The quantitative estimate of drug-likeness (QED) is 0.210. The van der Waals surface area contributed by atoms with Gasteiger partial charge in [-0.2, -0.15) is 4.79 Å². The van der Waals surface area contributed by atoms with Gasteiger partial charge in [0.05, 0.1) is 0 Å². The summed E-state index contributed by atoms with van der Waals surface area (Å²) in [6.07, 6.45) is -0.907. The third-order valence-corrected chi connectivity index (χ3v) is 1.08. The van der Waals surface area contributed by atoms with Gasteiger partial charge in [-0.1, -0.05) is 6.58 Å². The van der Waals surface area contributed by atoms with Crippen LogP contribution in [0.3, 0.4) is 0 Å². The molecule has 1 rings (SSSR count). The average Bonchev–Trinajstić information content (AvgIpc) is 2.79. The molecule has 7 nitrogen and oxygen atoms in total. The molecule has 1 saturated heterocycles. The van der Waals surface area contributed by atoms with Crippen LogP contribution in [-0.2, 0) is 29.3 Å². The van der Waals surface area contributed by atoms with Gasteiger partial charge in [-0.15, -0.1) is 4.89 Å². The van der Waals surface area contributed by atoms with E-state index in [4.69, 9.17) is 4.74 Å². The largest absolute Gasteiger partial charge is 0.576 e. The highest BCUT2D eigenvalue weighted by molar-refractivity contribution is 5.58. The Labute approximate surface area is 73.5 Å². The zero-order valence-corrected chi connectivity index (χ0v) is 6.80. The topological polar surface area (TPSA) is 75.8 Å². The van der Waals surface area contributed by atoms with Crippen LogP contribution in [0, 0.1) is 0 Å². The van der Waals surface area contributed by atoms with Crippen LogP contribution in [0.5, 0.6) is 0 Å². The van der Waals surface area contributed by atoms with Crippen molar-refractivity contribution < 1.29 is 34.1 Å². The second kappa shape index (κ2) is 4.65. The van der Waals surface area contributed by atoms with Gasteiger partial charge < -0.3 is 9.62 Å². The molecule has 0 saturated carbocycles. The highest BCUT2D eigenvalue weighted by Crippen LogP contribution is 2.22. The lowest BCUT2D eigenvalue weighted by atomic mass is 10.5. The second-order valence-corrected chi connectivity index (χ2v) is 2.05. The molecule has 74 valence electrons. The number of hydrogen-bond acceptors (Lipinski definition) is 7. The van der Waals surface area contributed by atoms with Gasteiger partial charge in [-0.3, -0.25) is 4.89 Å². The highest BCUT2D eigenvalue weighted by Gasteiger charge is 2.38. The van der Waals surface area contributed by atoms with Crippen LogP contribution in [0.15, 0.2) is 12.8 Å². The predicted octanol–water partition coefficient (Wildman–Crippen LogP) is 0.823. The van der Waals surface area contributed by atoms with E-state index in [0.29, 0.717) is 0 Å². The lowest BCUT2D eigenvalue weighted by Gasteiger charge is -1.98. The van der Waals surface area contributed by atoms with Crippen molar-refractivity contribution in [2.45, 2.75) is 19.3 Å². The molecule has 0 spiro atoms. The standard InChI is InChI=1S/C6H8O7/c1-3-8-13-12-6(7)11-10-5-4(2)9-5/h3-5H,1H2,2H3. The van der Waals surface area contributed by atoms with E-state index in [1.54, 1.807) is 6.92 Å². The highest BCUT2D eigenvalue weighted by atomic mass is 17.5. The summed E-state index contributed by atoms with van der Waals surface area (Å²) in [6, 6.07) is 0. The Morgan fingerprint density at radius 1 is 1.54 bits per heavy atom. The van der Waals surface area contributed by atoms with Crippen molar-refractivity contribution in [3.63, 3.8) is 0 Å². The number of rotatable bonds is 5. The lowest BCUT2D eigenvalue weighted by molar-refractivity contribution is -0.472. The Morgan fingerprint density at radius 3 is 2.77 bits per heavy atom. The lowest BCUT2D eigenvalue weighted by Crippen LogP contribution is -2.10. The molecule has 0 aromatic heterocycles. The number of hydrogen-bond donors (Lipinski definition) is 0. The molecule has 13 heavy (non-hydrogen) atoms. The smallest absolute Gasteiger partial charge is 0.338 e. The van der Waals surface area contributed by atoms with E-state index in [2.05, 4.69) is 31.2 Å². The maximum absolute atomic E-state index is 10.5. The van der Waals surface area contributed by atoms with Crippen molar-refractivity contribution in [1.82, 2.24) is 0 Å². The number of carbonyl (C=O) groups excluding carboxylic acids is 1. The molecule has 0 aromatic carbocycles. The van der Waals surface area contributed by atoms with Gasteiger partial charge in [0.15, 0.2) is 0 Å². The zero-order valence-electron chi connectivity index (χ0n) is 6.80. The molecule has 1 fully saturated rings. The van der Waals surface area contributed by atoms with Crippen molar-refractivity contribution in [3.05, 3.63) is 12.8 Å². The van der Waals surface area contributed by atoms with Crippen LogP contribution >= 0.6 is 0 Å². The SMILES string of the molecule is C=COOOC(=O)OOC1OC1C. The van der Waals surface area contributed by atoms with Crippen molar-refractivity contribution in [1.29, 1.82) is 0 Å².